The molecule has 0 heterocycles. The number of nitrogens with zero attached hydrogens (tertiary/aromatic N) is 1. The molecule has 0 fully saturated rings. The highest BCUT2D eigenvalue weighted by Gasteiger charge is 2.38. The second-order valence-electron chi connectivity index (χ2n) is 5.98. The summed E-state index contributed by atoms with van der Waals surface area (Å²) in [6.45, 7) is 7.35. The Bertz CT molecular complexity index is 668. The summed E-state index contributed by atoms with van der Waals surface area (Å²) >= 11 is 0. The van der Waals surface area contributed by atoms with E-state index in [0.29, 0.717) is 0 Å². The van der Waals surface area contributed by atoms with Crippen LogP contribution in [0.25, 0.3) is 0 Å². The Morgan fingerprint density at radius 1 is 1.46 bits per heavy atom. The van der Waals surface area contributed by atoms with E-state index in [9.17, 15) is 18.0 Å². The molecule has 24 heavy (non-hydrogen) atoms. The maximum absolute atomic E-state index is 13.4. The predicted molar refractivity (Wildman–Crippen MR) is 82.6 cm³/mol. The first-order chi connectivity index (χ1) is 11.1. The number of ether oxygens (including phenoxy) is 1. The highest BCUT2D eigenvalue weighted by atomic mass is 19.1. The van der Waals surface area contributed by atoms with Crippen molar-refractivity contribution in [3.8, 4) is 11.8 Å². The first-order valence-electron chi connectivity index (χ1n) is 7.22. The fraction of sp³-hybridized carbons (Fsp3) is 0.412. The summed E-state index contributed by atoms with van der Waals surface area (Å²) in [5, 5.41) is 11.6. The van der Waals surface area contributed by atoms with Gasteiger partial charge in [0.25, 0.3) is 0 Å². The van der Waals surface area contributed by atoms with E-state index in [0.717, 1.165) is 18.2 Å². The monoisotopic (exact) mass is 340 g/mol. The van der Waals surface area contributed by atoms with Crippen molar-refractivity contribution in [3.05, 3.63) is 42.2 Å². The molecule has 0 aliphatic carbocycles. The van der Waals surface area contributed by atoms with Crippen LogP contribution in [-0.4, -0.2) is 18.6 Å². The van der Waals surface area contributed by atoms with Crippen molar-refractivity contribution in [1.29, 1.82) is 5.26 Å². The third-order valence-corrected chi connectivity index (χ3v) is 3.58. The van der Waals surface area contributed by atoms with Gasteiger partial charge in [-0.15, -0.1) is 0 Å². The summed E-state index contributed by atoms with van der Waals surface area (Å²) in [6.07, 6.45) is 0. The minimum Gasteiger partial charge on any atom is -0.488 e. The summed E-state index contributed by atoms with van der Waals surface area (Å²) in [6, 6.07) is 3.91. The fourth-order valence-corrected chi connectivity index (χ4v) is 1.87. The summed E-state index contributed by atoms with van der Waals surface area (Å²) in [7, 11) is 0. The quantitative estimate of drug-likeness (QED) is 0.826. The minimum atomic E-state index is -1.35. The van der Waals surface area contributed by atoms with E-state index in [1.54, 1.807) is 13.0 Å². The van der Waals surface area contributed by atoms with E-state index >= 15 is 0 Å². The summed E-state index contributed by atoms with van der Waals surface area (Å²) in [4.78, 5) is 12.1. The summed E-state index contributed by atoms with van der Waals surface area (Å²) in [5.74, 6) is -4.45. The third-order valence-electron chi connectivity index (χ3n) is 3.58. The molecule has 0 unspecified atom stereocenters. The van der Waals surface area contributed by atoms with Crippen molar-refractivity contribution >= 4 is 5.91 Å². The molecular weight excluding hydrogens is 321 g/mol. The lowest BCUT2D eigenvalue weighted by Gasteiger charge is -2.27. The van der Waals surface area contributed by atoms with Gasteiger partial charge in [0.1, 0.15) is 24.2 Å². The normalized spacial score (nSPS) is 13.5. The zero-order valence-corrected chi connectivity index (χ0v) is 13.7. The van der Waals surface area contributed by atoms with Gasteiger partial charge in [0, 0.05) is 11.5 Å². The lowest BCUT2D eigenvalue weighted by atomic mass is 9.78. The number of benzene rings is 1. The molecule has 1 aromatic rings. The van der Waals surface area contributed by atoms with Crippen LogP contribution < -0.4 is 10.1 Å². The smallest absolute Gasteiger partial charge is 0.238 e. The molecule has 1 aromatic carbocycles. The molecule has 2 atom stereocenters. The standard InChI is InChI=1S/C17H19F3N2O2/c1-10(9-24-15-7-12(19)5-6-14(15)20)22-16(23)13(8-21)17(3,4)11(2)18/h5-7,10,13H,2,9H2,1,3-4H3,(H,22,23)/t10-,13+/m1/s1. The maximum Gasteiger partial charge on any atom is 0.238 e. The van der Waals surface area contributed by atoms with Crippen LogP contribution in [0.2, 0.25) is 0 Å². The SMILES string of the molecule is C=C(F)C(C)(C)[C@@H](C#N)C(=O)N[C@H](C)COc1cc(F)ccc1F. The Morgan fingerprint density at radius 2 is 2.08 bits per heavy atom. The molecule has 0 aliphatic heterocycles. The first-order valence-corrected chi connectivity index (χ1v) is 7.22. The number of amides is 1. The molecule has 0 aliphatic rings. The molecule has 1 N–H and O–H groups in total. The molecule has 0 saturated heterocycles. The highest BCUT2D eigenvalue weighted by molar-refractivity contribution is 5.82. The van der Waals surface area contributed by atoms with Crippen LogP contribution in [-0.2, 0) is 4.79 Å². The van der Waals surface area contributed by atoms with Crippen molar-refractivity contribution in [2.75, 3.05) is 6.61 Å². The van der Waals surface area contributed by atoms with Gasteiger partial charge in [-0.05, 0) is 19.1 Å². The molecule has 1 amide bonds. The van der Waals surface area contributed by atoms with Crippen molar-refractivity contribution in [1.82, 2.24) is 5.32 Å². The number of carbonyl (C=O) groups excluding carboxylic acids is 1. The van der Waals surface area contributed by atoms with Gasteiger partial charge in [-0.25, -0.2) is 13.2 Å². The predicted octanol–water partition coefficient (Wildman–Crippen LogP) is 3.50. The Hall–Kier alpha value is -2.49. The number of halogens is 3. The molecule has 1 rings (SSSR count). The molecule has 7 heteroatoms. The van der Waals surface area contributed by atoms with Crippen molar-refractivity contribution in [2.24, 2.45) is 11.3 Å². The number of nitrogens with one attached hydrogen (secondary N) is 1. The number of rotatable bonds is 7. The van der Waals surface area contributed by atoms with Crippen LogP contribution in [0.15, 0.2) is 30.6 Å². The number of carbonyl (C=O) groups is 1. The van der Waals surface area contributed by atoms with Crippen LogP contribution in [0.3, 0.4) is 0 Å². The van der Waals surface area contributed by atoms with Gasteiger partial charge in [-0.2, -0.15) is 5.26 Å². The summed E-state index contributed by atoms with van der Waals surface area (Å²) < 4.78 is 45.0. The Labute approximate surface area is 138 Å². The van der Waals surface area contributed by atoms with Crippen molar-refractivity contribution in [3.63, 3.8) is 0 Å². The van der Waals surface area contributed by atoms with E-state index in [4.69, 9.17) is 10.00 Å². The minimum absolute atomic E-state index is 0.152. The average molecular weight is 340 g/mol. The highest BCUT2D eigenvalue weighted by Crippen LogP contribution is 2.34. The Balaban J connectivity index is 2.68. The largest absolute Gasteiger partial charge is 0.488 e. The van der Waals surface area contributed by atoms with Gasteiger partial charge < -0.3 is 10.1 Å². The molecule has 130 valence electrons. The van der Waals surface area contributed by atoms with Crippen LogP contribution in [0, 0.1) is 34.3 Å². The van der Waals surface area contributed by atoms with E-state index in [2.05, 4.69) is 11.9 Å². The van der Waals surface area contributed by atoms with E-state index in [1.165, 1.54) is 13.8 Å². The molecule has 0 radical (unpaired) electrons. The summed E-state index contributed by atoms with van der Waals surface area (Å²) in [5.41, 5.74) is -1.35. The molecule has 0 aromatic heterocycles. The Kier molecular flexibility index (Phi) is 6.41. The van der Waals surface area contributed by atoms with Crippen LogP contribution >= 0.6 is 0 Å². The Morgan fingerprint density at radius 3 is 2.62 bits per heavy atom. The molecule has 0 saturated carbocycles. The lowest BCUT2D eigenvalue weighted by Crippen LogP contribution is -2.44. The van der Waals surface area contributed by atoms with Gasteiger partial charge >= 0.3 is 0 Å². The van der Waals surface area contributed by atoms with Gasteiger partial charge in [0.15, 0.2) is 11.6 Å². The van der Waals surface area contributed by atoms with Crippen molar-refractivity contribution < 1.29 is 22.7 Å². The molecule has 4 nitrogen and oxygen atoms in total. The topological polar surface area (TPSA) is 62.1 Å². The van der Waals surface area contributed by atoms with Crippen LogP contribution in [0.1, 0.15) is 20.8 Å². The number of nitriles is 1. The van der Waals surface area contributed by atoms with E-state index < -0.39 is 40.7 Å². The van der Waals surface area contributed by atoms with Crippen molar-refractivity contribution in [2.45, 2.75) is 26.8 Å². The second-order valence-corrected chi connectivity index (χ2v) is 5.98. The average Bonchev–Trinajstić information content (AvgIpc) is 2.48. The van der Waals surface area contributed by atoms with E-state index in [1.807, 2.05) is 0 Å². The van der Waals surface area contributed by atoms with Crippen LogP contribution in [0.5, 0.6) is 5.75 Å². The zero-order chi connectivity index (χ0) is 18.5. The van der Waals surface area contributed by atoms with E-state index in [-0.39, 0.29) is 12.4 Å². The third kappa shape index (κ3) is 4.75. The van der Waals surface area contributed by atoms with Gasteiger partial charge in [-0.3, -0.25) is 4.79 Å². The lowest BCUT2D eigenvalue weighted by molar-refractivity contribution is -0.126. The number of hydrogen-bond donors (Lipinski definition) is 1. The van der Waals surface area contributed by atoms with Crippen LogP contribution in [0.4, 0.5) is 13.2 Å². The molecule has 0 bridgehead atoms. The van der Waals surface area contributed by atoms with Gasteiger partial charge in [-0.1, -0.05) is 20.4 Å². The van der Waals surface area contributed by atoms with Gasteiger partial charge in [0.05, 0.1) is 12.1 Å². The molecular formula is C17H19F3N2O2. The number of allylic oxidation sites excluding steroid dienone is 1. The maximum atomic E-state index is 13.4. The first kappa shape index (κ1) is 19.6. The number of hydrogen-bond acceptors (Lipinski definition) is 3. The second kappa shape index (κ2) is 7.86. The van der Waals surface area contributed by atoms with Gasteiger partial charge in [0.2, 0.25) is 5.91 Å². The zero-order valence-electron chi connectivity index (χ0n) is 13.7. The molecule has 0 spiro atoms. The fourth-order valence-electron chi connectivity index (χ4n) is 1.87.